The Morgan fingerprint density at radius 1 is 1.44 bits per heavy atom. The average molecular weight is 251 g/mol. The molecule has 0 aliphatic carbocycles. The van der Waals surface area contributed by atoms with Crippen LogP contribution >= 0.6 is 0 Å². The van der Waals surface area contributed by atoms with Crippen molar-refractivity contribution >= 4 is 12.0 Å². The second-order valence-corrected chi connectivity index (χ2v) is 4.03. The Kier molecular flexibility index (Phi) is 6.08. The number of carbonyl (C=O) groups excluding carboxylic acids is 1. The van der Waals surface area contributed by atoms with Crippen molar-refractivity contribution in [3.05, 3.63) is 41.7 Å². The summed E-state index contributed by atoms with van der Waals surface area (Å²) in [6.45, 7) is 2.34. The van der Waals surface area contributed by atoms with Gasteiger partial charge in [0.1, 0.15) is 5.82 Å². The quantitative estimate of drug-likeness (QED) is 0.761. The van der Waals surface area contributed by atoms with Crippen molar-refractivity contribution in [2.24, 2.45) is 0 Å². The summed E-state index contributed by atoms with van der Waals surface area (Å²) in [7, 11) is 0. The molecule has 1 aromatic carbocycles. The van der Waals surface area contributed by atoms with Crippen molar-refractivity contribution in [2.45, 2.75) is 25.9 Å². The molecule has 1 rings (SSSR count). The van der Waals surface area contributed by atoms with Gasteiger partial charge in [0.2, 0.25) is 5.91 Å². The number of nitrogens with one attached hydrogen (secondary N) is 1. The first-order valence-corrected chi connectivity index (χ1v) is 6.01. The number of aliphatic hydroxyl groups excluding tert-OH is 1. The predicted molar refractivity (Wildman–Crippen MR) is 69.4 cm³/mol. The smallest absolute Gasteiger partial charge is 0.244 e. The van der Waals surface area contributed by atoms with Gasteiger partial charge in [0, 0.05) is 12.6 Å². The zero-order chi connectivity index (χ0) is 13.4. The first-order valence-electron chi connectivity index (χ1n) is 6.01. The lowest BCUT2D eigenvalue weighted by Crippen LogP contribution is -2.25. The van der Waals surface area contributed by atoms with E-state index in [9.17, 15) is 14.3 Å². The molecule has 3 nitrogen and oxygen atoms in total. The van der Waals surface area contributed by atoms with Crippen LogP contribution in [0, 0.1) is 5.82 Å². The van der Waals surface area contributed by atoms with Crippen LogP contribution in [0.15, 0.2) is 30.3 Å². The van der Waals surface area contributed by atoms with Crippen LogP contribution in [0.1, 0.15) is 25.3 Å². The lowest BCUT2D eigenvalue weighted by Gasteiger charge is -2.07. The van der Waals surface area contributed by atoms with Crippen molar-refractivity contribution in [3.8, 4) is 0 Å². The van der Waals surface area contributed by atoms with Crippen LogP contribution in [-0.4, -0.2) is 23.7 Å². The zero-order valence-electron chi connectivity index (χ0n) is 10.4. The van der Waals surface area contributed by atoms with Gasteiger partial charge in [-0.1, -0.05) is 19.1 Å². The number of aliphatic hydroxyl groups is 1. The fourth-order valence-electron chi connectivity index (χ4n) is 1.37. The molecule has 1 amide bonds. The van der Waals surface area contributed by atoms with E-state index in [1.807, 2.05) is 6.92 Å². The number of carbonyl (C=O) groups is 1. The molecule has 0 aliphatic heterocycles. The van der Waals surface area contributed by atoms with Gasteiger partial charge in [-0.3, -0.25) is 4.79 Å². The van der Waals surface area contributed by atoms with E-state index >= 15 is 0 Å². The van der Waals surface area contributed by atoms with Crippen LogP contribution in [0.2, 0.25) is 0 Å². The average Bonchev–Trinajstić information content (AvgIpc) is 2.38. The van der Waals surface area contributed by atoms with Gasteiger partial charge in [-0.15, -0.1) is 0 Å². The first kappa shape index (κ1) is 14.4. The molecule has 4 heteroatoms. The van der Waals surface area contributed by atoms with E-state index in [4.69, 9.17) is 0 Å². The molecule has 2 N–H and O–H groups in total. The van der Waals surface area contributed by atoms with Crippen LogP contribution in [0.3, 0.4) is 0 Å². The maximum absolute atomic E-state index is 12.6. The van der Waals surface area contributed by atoms with Crippen molar-refractivity contribution in [2.75, 3.05) is 6.54 Å². The van der Waals surface area contributed by atoms with Crippen LogP contribution in [0.25, 0.3) is 6.08 Å². The maximum Gasteiger partial charge on any atom is 0.244 e. The van der Waals surface area contributed by atoms with E-state index in [2.05, 4.69) is 5.32 Å². The molecule has 18 heavy (non-hydrogen) atoms. The summed E-state index contributed by atoms with van der Waals surface area (Å²) >= 11 is 0. The van der Waals surface area contributed by atoms with Gasteiger partial charge < -0.3 is 10.4 Å². The molecule has 0 saturated carbocycles. The summed E-state index contributed by atoms with van der Waals surface area (Å²) in [4.78, 5) is 11.4. The van der Waals surface area contributed by atoms with Gasteiger partial charge >= 0.3 is 0 Å². The number of rotatable bonds is 6. The normalized spacial score (nSPS) is 12.6. The summed E-state index contributed by atoms with van der Waals surface area (Å²) < 4.78 is 12.6. The van der Waals surface area contributed by atoms with Gasteiger partial charge in [-0.05, 0) is 36.6 Å². The van der Waals surface area contributed by atoms with Crippen LogP contribution < -0.4 is 5.32 Å². The molecular weight excluding hydrogens is 233 g/mol. The van der Waals surface area contributed by atoms with Gasteiger partial charge in [0.05, 0.1) is 6.10 Å². The van der Waals surface area contributed by atoms with Crippen molar-refractivity contribution in [1.29, 1.82) is 0 Å². The molecule has 1 unspecified atom stereocenters. The number of amides is 1. The van der Waals surface area contributed by atoms with Gasteiger partial charge in [-0.25, -0.2) is 4.39 Å². The number of benzene rings is 1. The Hall–Kier alpha value is -1.68. The van der Waals surface area contributed by atoms with E-state index < -0.39 is 0 Å². The van der Waals surface area contributed by atoms with Crippen molar-refractivity contribution < 1.29 is 14.3 Å². The summed E-state index contributed by atoms with van der Waals surface area (Å²) in [5.74, 6) is -0.521. The molecule has 0 fully saturated rings. The molecule has 98 valence electrons. The molecule has 0 bridgehead atoms. The topological polar surface area (TPSA) is 49.3 Å². The third kappa shape index (κ3) is 5.59. The summed E-state index contributed by atoms with van der Waals surface area (Å²) in [6.07, 6.45) is 3.87. The molecule has 0 saturated heterocycles. The van der Waals surface area contributed by atoms with E-state index in [1.54, 1.807) is 18.2 Å². The maximum atomic E-state index is 12.6. The van der Waals surface area contributed by atoms with Crippen LogP contribution in [-0.2, 0) is 4.79 Å². The first-order chi connectivity index (χ1) is 8.61. The van der Waals surface area contributed by atoms with E-state index in [-0.39, 0.29) is 17.8 Å². The zero-order valence-corrected chi connectivity index (χ0v) is 10.4. The van der Waals surface area contributed by atoms with E-state index in [0.717, 1.165) is 5.56 Å². The predicted octanol–water partition coefficient (Wildman–Crippen LogP) is 2.12. The van der Waals surface area contributed by atoms with E-state index in [1.165, 1.54) is 18.2 Å². The third-order valence-electron chi connectivity index (χ3n) is 2.55. The molecular formula is C14H18FNO2. The molecule has 0 aliphatic rings. The molecule has 0 radical (unpaired) electrons. The number of hydrogen-bond donors (Lipinski definition) is 2. The standard InChI is InChI=1S/C14H18FNO2/c1-2-13(17)9-10-16-14(18)8-5-11-3-6-12(15)7-4-11/h3-8,13,17H,2,9-10H2,1H3,(H,16,18)/b8-5+. The Morgan fingerprint density at radius 2 is 2.11 bits per heavy atom. The lowest BCUT2D eigenvalue weighted by molar-refractivity contribution is -0.116. The van der Waals surface area contributed by atoms with Gasteiger partial charge in [-0.2, -0.15) is 0 Å². The lowest BCUT2D eigenvalue weighted by atomic mass is 10.2. The fourth-order valence-corrected chi connectivity index (χ4v) is 1.37. The highest BCUT2D eigenvalue weighted by Gasteiger charge is 2.01. The minimum atomic E-state index is -0.369. The summed E-state index contributed by atoms with van der Waals surface area (Å²) in [5, 5.41) is 12.0. The fraction of sp³-hybridized carbons (Fsp3) is 0.357. The van der Waals surface area contributed by atoms with Gasteiger partial charge in [0.15, 0.2) is 0 Å². The SMILES string of the molecule is CCC(O)CCNC(=O)/C=C/c1ccc(F)cc1. The minimum Gasteiger partial charge on any atom is -0.393 e. The van der Waals surface area contributed by atoms with Crippen LogP contribution in [0.5, 0.6) is 0 Å². The minimum absolute atomic E-state index is 0.220. The summed E-state index contributed by atoms with van der Waals surface area (Å²) in [5.41, 5.74) is 0.764. The Balaban J connectivity index is 2.33. The van der Waals surface area contributed by atoms with Crippen molar-refractivity contribution in [1.82, 2.24) is 5.32 Å². The number of halogens is 1. The summed E-state index contributed by atoms with van der Waals surface area (Å²) in [6, 6.07) is 5.88. The molecule has 1 atom stereocenters. The van der Waals surface area contributed by atoms with Crippen LogP contribution in [0.4, 0.5) is 4.39 Å². The number of hydrogen-bond acceptors (Lipinski definition) is 2. The molecule has 1 aromatic rings. The van der Waals surface area contributed by atoms with E-state index in [0.29, 0.717) is 19.4 Å². The highest BCUT2D eigenvalue weighted by atomic mass is 19.1. The highest BCUT2D eigenvalue weighted by Crippen LogP contribution is 2.04. The molecule has 0 aromatic heterocycles. The second kappa shape index (κ2) is 7.61. The molecule has 0 spiro atoms. The second-order valence-electron chi connectivity index (χ2n) is 4.03. The Labute approximate surface area is 106 Å². The monoisotopic (exact) mass is 251 g/mol. The highest BCUT2D eigenvalue weighted by molar-refractivity contribution is 5.91. The van der Waals surface area contributed by atoms with Gasteiger partial charge in [0.25, 0.3) is 0 Å². The largest absolute Gasteiger partial charge is 0.393 e. The molecule has 0 heterocycles. The Bertz CT molecular complexity index is 401. The Morgan fingerprint density at radius 3 is 2.72 bits per heavy atom. The third-order valence-corrected chi connectivity index (χ3v) is 2.55. The van der Waals surface area contributed by atoms with Crippen molar-refractivity contribution in [3.63, 3.8) is 0 Å².